The number of carbonyl (C=O) groups excluding carboxylic acids is 4. The molecule has 0 aromatic heterocycles. The Bertz CT molecular complexity index is 1350. The number of benzene rings is 1. The van der Waals surface area contributed by atoms with Gasteiger partial charge >= 0.3 is 11.9 Å². The first-order valence-corrected chi connectivity index (χ1v) is 17.9. The number of aliphatic hydroxyl groups excluding tert-OH is 2. The highest BCUT2D eigenvalue weighted by molar-refractivity contribution is 6.40. The average Bonchev–Trinajstić information content (AvgIpc) is 3.10. The van der Waals surface area contributed by atoms with Crippen LogP contribution in [0.1, 0.15) is 85.0 Å². The van der Waals surface area contributed by atoms with Crippen molar-refractivity contribution in [1.29, 1.82) is 0 Å². The number of rotatable bonds is 8. The second-order valence-corrected chi connectivity index (χ2v) is 15.2. The van der Waals surface area contributed by atoms with Crippen LogP contribution < -0.4 is 0 Å². The zero-order valence-corrected chi connectivity index (χ0v) is 31.9. The molecule has 288 valence electrons. The summed E-state index contributed by atoms with van der Waals surface area (Å²) < 4.78 is 30.7. The highest BCUT2D eigenvalue weighted by Gasteiger charge is 2.53. The monoisotopic (exact) mass is 721 g/mol. The fourth-order valence-corrected chi connectivity index (χ4v) is 7.67. The lowest BCUT2D eigenvalue weighted by atomic mass is 9.74. The summed E-state index contributed by atoms with van der Waals surface area (Å²) in [6.07, 6.45) is -7.39. The average molecular weight is 722 g/mol. The van der Waals surface area contributed by atoms with E-state index < -0.39 is 89.4 Å². The Balaban J connectivity index is 2.22. The molecule has 2 heterocycles. The molecule has 14 atom stereocenters. The number of hydrogen-bond donors (Lipinski definition) is 3. The minimum Gasteiger partial charge on any atom is -0.459 e. The summed E-state index contributed by atoms with van der Waals surface area (Å²) in [5.74, 6) is -7.45. The molecule has 2 aliphatic rings. The molecule has 3 N–H and O–H groups in total. The maximum absolute atomic E-state index is 14.0. The van der Waals surface area contributed by atoms with Crippen LogP contribution in [-0.2, 0) is 38.1 Å². The molecule has 0 aliphatic carbocycles. The van der Waals surface area contributed by atoms with Crippen molar-refractivity contribution >= 4 is 23.5 Å². The molecule has 3 rings (SSSR count). The van der Waals surface area contributed by atoms with Gasteiger partial charge in [-0.2, -0.15) is 0 Å². The number of hydrogen-bond acceptors (Lipinski definition) is 13. The summed E-state index contributed by atoms with van der Waals surface area (Å²) in [4.78, 5) is 56.5. The number of Topliss-reactive ketones (excluding diaryl/α,β-unsaturated/α-hetero) is 2. The fourth-order valence-electron chi connectivity index (χ4n) is 7.67. The number of methoxy groups -OCH3 is 1. The van der Waals surface area contributed by atoms with E-state index in [0.29, 0.717) is 6.42 Å². The van der Waals surface area contributed by atoms with Crippen molar-refractivity contribution in [2.24, 2.45) is 23.7 Å². The van der Waals surface area contributed by atoms with Gasteiger partial charge in [0.1, 0.15) is 29.7 Å². The minimum absolute atomic E-state index is 0.0195. The van der Waals surface area contributed by atoms with Crippen LogP contribution in [-0.4, -0.2) is 125 Å². The highest BCUT2D eigenvalue weighted by Crippen LogP contribution is 2.40. The number of likely N-dealkylation sites (N-methyl/N-ethyl adjacent to an activating group) is 1. The molecule has 1 aromatic carbocycles. The van der Waals surface area contributed by atoms with Crippen molar-refractivity contribution in [1.82, 2.24) is 4.90 Å². The summed E-state index contributed by atoms with van der Waals surface area (Å²) in [6.45, 7) is 12.8. The van der Waals surface area contributed by atoms with E-state index in [1.54, 1.807) is 45.9 Å². The lowest BCUT2D eigenvalue weighted by Gasteiger charge is -2.48. The molecule has 13 heteroatoms. The standard InChI is InChI=1S/C38H59NO12/c1-12-27-38(8,46)32(43)22(4)28(40)20(2)19-37(7,47-11)33(51-36-30(42)26(39(9)10)18-21(3)48-36)23(5)31(24(6)34(44)49-27)50-35(45)29(41)25-16-14-13-15-17-25/h13-17,20-24,26-27,30-33,36,42-43,46H,12,18-19H2,1-11H3/t20-,21-,22+,23+,24-,26+,27-,30-,31-,32-,33-,36+,37+,38-/m1/s1. The normalized spacial score (nSPS) is 40.3. The van der Waals surface area contributed by atoms with Gasteiger partial charge in [0.2, 0.25) is 0 Å². The van der Waals surface area contributed by atoms with Gasteiger partial charge in [-0.05, 0) is 61.1 Å². The van der Waals surface area contributed by atoms with E-state index in [-0.39, 0.29) is 36.3 Å². The molecule has 0 amide bonds. The molecule has 0 saturated carbocycles. The van der Waals surface area contributed by atoms with Crippen molar-refractivity contribution in [2.75, 3.05) is 21.2 Å². The molecule has 2 fully saturated rings. The predicted molar refractivity (Wildman–Crippen MR) is 186 cm³/mol. The molecule has 13 nitrogen and oxygen atoms in total. The van der Waals surface area contributed by atoms with Crippen molar-refractivity contribution in [2.45, 2.75) is 135 Å². The molecule has 2 saturated heterocycles. The van der Waals surface area contributed by atoms with Crippen LogP contribution in [0, 0.1) is 23.7 Å². The first-order valence-electron chi connectivity index (χ1n) is 17.9. The van der Waals surface area contributed by atoms with Crippen LogP contribution in [0.4, 0.5) is 0 Å². The zero-order valence-electron chi connectivity index (χ0n) is 31.9. The maximum atomic E-state index is 14.0. The molecular weight excluding hydrogens is 662 g/mol. The van der Waals surface area contributed by atoms with Crippen LogP contribution in [0.3, 0.4) is 0 Å². The van der Waals surface area contributed by atoms with Crippen molar-refractivity contribution in [3.05, 3.63) is 35.9 Å². The van der Waals surface area contributed by atoms with Crippen LogP contribution in [0.5, 0.6) is 0 Å². The largest absolute Gasteiger partial charge is 0.459 e. The molecule has 0 spiro atoms. The number of cyclic esters (lactones) is 1. The Morgan fingerprint density at radius 3 is 2.16 bits per heavy atom. The third-order valence-electron chi connectivity index (χ3n) is 10.9. The molecular formula is C38H59NO12. The topological polar surface area (TPSA) is 178 Å². The molecule has 2 aliphatic heterocycles. The maximum Gasteiger partial charge on any atom is 0.379 e. The lowest BCUT2D eigenvalue weighted by Crippen LogP contribution is -2.60. The summed E-state index contributed by atoms with van der Waals surface area (Å²) in [7, 11) is 5.10. The Kier molecular flexibility index (Phi) is 14.5. The third-order valence-corrected chi connectivity index (χ3v) is 10.9. The molecule has 51 heavy (non-hydrogen) atoms. The Morgan fingerprint density at radius 2 is 1.61 bits per heavy atom. The predicted octanol–water partition coefficient (Wildman–Crippen LogP) is 2.95. The summed E-state index contributed by atoms with van der Waals surface area (Å²) in [5.41, 5.74) is -3.32. The van der Waals surface area contributed by atoms with Gasteiger partial charge in [-0.15, -0.1) is 0 Å². The number of ether oxygens (including phenoxy) is 5. The van der Waals surface area contributed by atoms with Crippen molar-refractivity contribution < 1.29 is 58.2 Å². The first-order chi connectivity index (χ1) is 23.7. The second kappa shape index (κ2) is 17.4. The van der Waals surface area contributed by atoms with E-state index in [2.05, 4.69) is 0 Å². The van der Waals surface area contributed by atoms with E-state index in [9.17, 15) is 34.5 Å². The van der Waals surface area contributed by atoms with E-state index in [0.717, 1.165) is 0 Å². The SMILES string of the molecule is CC[C@H]1OC(=O)[C@H](C)[C@H](OC(=O)C(=O)c2ccccc2)[C@H](C)[C@@H](O[C@@H]2O[C@H](C)C[C@H](N(C)C)[C@H]2O)[C@@](C)(OC)C[C@@H](C)C(=O)[C@H](C)[C@@H](O)[C@]1(C)O. The molecule has 0 unspecified atom stereocenters. The van der Waals surface area contributed by atoms with Gasteiger partial charge in [-0.25, -0.2) is 4.79 Å². The van der Waals surface area contributed by atoms with Gasteiger partial charge in [0.25, 0.3) is 5.78 Å². The van der Waals surface area contributed by atoms with Gasteiger partial charge < -0.3 is 43.9 Å². The molecule has 0 bridgehead atoms. The van der Waals surface area contributed by atoms with Crippen molar-refractivity contribution in [3.63, 3.8) is 0 Å². The second-order valence-electron chi connectivity index (χ2n) is 15.2. The summed E-state index contributed by atoms with van der Waals surface area (Å²) >= 11 is 0. The number of aliphatic hydroxyl groups is 3. The van der Waals surface area contributed by atoms with Gasteiger partial charge in [-0.3, -0.25) is 14.4 Å². The fraction of sp³-hybridized carbons (Fsp3) is 0.737. The summed E-state index contributed by atoms with van der Waals surface area (Å²) in [6, 6.07) is 7.49. The van der Waals surface area contributed by atoms with Gasteiger partial charge in [-0.1, -0.05) is 58.0 Å². The third kappa shape index (κ3) is 9.42. The number of carbonyl (C=O) groups is 4. The lowest BCUT2D eigenvalue weighted by molar-refractivity contribution is -0.301. The quantitative estimate of drug-likeness (QED) is 0.203. The highest BCUT2D eigenvalue weighted by atomic mass is 16.7. The number of ketones is 2. The van der Waals surface area contributed by atoms with Gasteiger partial charge in [0.05, 0.1) is 29.8 Å². The number of esters is 2. The van der Waals surface area contributed by atoms with Gasteiger partial charge in [0.15, 0.2) is 6.29 Å². The minimum atomic E-state index is -2.03. The number of nitrogens with zero attached hydrogens (tertiary/aromatic N) is 1. The van der Waals surface area contributed by atoms with E-state index in [1.807, 2.05) is 25.9 Å². The van der Waals surface area contributed by atoms with E-state index in [4.69, 9.17) is 23.7 Å². The molecule has 1 aromatic rings. The Hall–Kier alpha value is -2.78. The van der Waals surface area contributed by atoms with E-state index in [1.165, 1.54) is 40.0 Å². The zero-order chi connectivity index (χ0) is 38.6. The first kappa shape index (κ1) is 42.6. The van der Waals surface area contributed by atoms with Crippen LogP contribution in [0.2, 0.25) is 0 Å². The smallest absolute Gasteiger partial charge is 0.379 e. The Morgan fingerprint density at radius 1 is 1.00 bits per heavy atom. The van der Waals surface area contributed by atoms with Crippen LogP contribution >= 0.6 is 0 Å². The Labute approximate surface area is 301 Å². The summed E-state index contributed by atoms with van der Waals surface area (Å²) in [5, 5.41) is 34.4. The van der Waals surface area contributed by atoms with E-state index >= 15 is 0 Å². The molecule has 0 radical (unpaired) electrons. The van der Waals surface area contributed by atoms with Crippen LogP contribution in [0.15, 0.2) is 30.3 Å². The van der Waals surface area contributed by atoms with Crippen LogP contribution in [0.25, 0.3) is 0 Å². The van der Waals surface area contributed by atoms with Gasteiger partial charge in [0, 0.05) is 36.5 Å². The van der Waals surface area contributed by atoms with Crippen molar-refractivity contribution in [3.8, 4) is 0 Å².